The topological polar surface area (TPSA) is 23.5 Å². The van der Waals surface area contributed by atoms with E-state index in [-0.39, 0.29) is 0 Å². The van der Waals surface area contributed by atoms with Crippen molar-refractivity contribution in [1.29, 1.82) is 0 Å². The summed E-state index contributed by atoms with van der Waals surface area (Å²) in [5.41, 5.74) is 2.13. The van der Waals surface area contributed by atoms with Gasteiger partial charge in [0.1, 0.15) is 0 Å². The normalized spacial score (nSPS) is 16.6. The summed E-state index contributed by atoms with van der Waals surface area (Å²) in [6, 6.07) is 6.72. The van der Waals surface area contributed by atoms with E-state index in [0.717, 1.165) is 16.6 Å². The summed E-state index contributed by atoms with van der Waals surface area (Å²) in [4.78, 5) is 2.36. The smallest absolute Gasteiger partial charge is 0.0762 e. The second-order valence-electron chi connectivity index (χ2n) is 4.56. The summed E-state index contributed by atoms with van der Waals surface area (Å²) in [6.45, 7) is 6.47. The molecule has 0 heterocycles. The fourth-order valence-corrected chi connectivity index (χ4v) is 2.61. The summed E-state index contributed by atoms with van der Waals surface area (Å²) in [5.74, 6) is 0. The van der Waals surface area contributed by atoms with E-state index in [1.165, 1.54) is 18.5 Å². The van der Waals surface area contributed by atoms with Gasteiger partial charge in [-0.05, 0) is 53.4 Å². The molecule has 0 aromatic heterocycles. The molecule has 2 nitrogen and oxygen atoms in total. The van der Waals surface area contributed by atoms with Crippen molar-refractivity contribution in [3.8, 4) is 0 Å². The Balaban J connectivity index is 2.27. The predicted molar refractivity (Wildman–Crippen MR) is 75.3 cm³/mol. The molecule has 1 aliphatic rings. The van der Waals surface area contributed by atoms with Crippen LogP contribution in [0.2, 0.25) is 0 Å². The van der Waals surface area contributed by atoms with Crippen LogP contribution in [-0.4, -0.2) is 17.7 Å². The Bertz CT molecular complexity index is 413. The molecule has 0 saturated heterocycles. The van der Waals surface area contributed by atoms with Crippen LogP contribution in [0.25, 0.3) is 0 Å². The fourth-order valence-electron chi connectivity index (χ4n) is 1.99. The first-order valence-electron chi connectivity index (χ1n) is 5.98. The number of anilines is 1. The van der Waals surface area contributed by atoms with Gasteiger partial charge in [-0.1, -0.05) is 12.1 Å². The fraction of sp³-hybridized carbons (Fsp3) is 0.429. The van der Waals surface area contributed by atoms with Crippen molar-refractivity contribution in [3.63, 3.8) is 0 Å². The van der Waals surface area contributed by atoms with Crippen LogP contribution < -0.4 is 4.90 Å². The first-order chi connectivity index (χ1) is 8.13. The first kappa shape index (κ1) is 12.7. The van der Waals surface area contributed by atoms with Crippen LogP contribution in [0.1, 0.15) is 31.4 Å². The second kappa shape index (κ2) is 5.23. The highest BCUT2D eigenvalue weighted by molar-refractivity contribution is 9.10. The van der Waals surface area contributed by atoms with Crippen LogP contribution in [0, 0.1) is 0 Å². The molecule has 1 N–H and O–H groups in total. The number of hydrogen-bond acceptors (Lipinski definition) is 2. The monoisotopic (exact) mass is 295 g/mol. The van der Waals surface area contributed by atoms with Crippen molar-refractivity contribution < 1.29 is 5.11 Å². The Morgan fingerprint density at radius 3 is 2.76 bits per heavy atom. The molecule has 1 saturated carbocycles. The summed E-state index contributed by atoms with van der Waals surface area (Å²) >= 11 is 3.60. The Labute approximate surface area is 111 Å². The maximum absolute atomic E-state index is 9.55. The number of benzene rings is 1. The zero-order valence-electron chi connectivity index (χ0n) is 10.1. The quantitative estimate of drug-likeness (QED) is 0.838. The minimum absolute atomic E-state index is 0.422. The lowest BCUT2D eigenvalue weighted by Crippen LogP contribution is -2.25. The highest BCUT2D eigenvalue weighted by atomic mass is 79.9. The minimum Gasteiger partial charge on any atom is -0.389 e. The number of nitrogens with zero attached hydrogens (tertiary/aromatic N) is 1. The van der Waals surface area contributed by atoms with Crippen molar-refractivity contribution in [2.45, 2.75) is 31.9 Å². The van der Waals surface area contributed by atoms with Crippen molar-refractivity contribution in [2.75, 3.05) is 11.4 Å². The third kappa shape index (κ3) is 2.90. The van der Waals surface area contributed by atoms with Gasteiger partial charge in [0.05, 0.1) is 11.8 Å². The van der Waals surface area contributed by atoms with Gasteiger partial charge < -0.3 is 10.0 Å². The van der Waals surface area contributed by atoms with E-state index in [1.807, 2.05) is 18.2 Å². The van der Waals surface area contributed by atoms with Gasteiger partial charge in [-0.25, -0.2) is 0 Å². The highest BCUT2D eigenvalue weighted by Crippen LogP contribution is 2.36. The van der Waals surface area contributed by atoms with E-state index in [1.54, 1.807) is 6.92 Å². The molecule has 1 aromatic rings. The van der Waals surface area contributed by atoms with Gasteiger partial charge in [-0.3, -0.25) is 0 Å². The van der Waals surface area contributed by atoms with Crippen LogP contribution in [0.3, 0.4) is 0 Å². The molecule has 2 rings (SSSR count). The lowest BCUT2D eigenvalue weighted by atomic mass is 10.1. The van der Waals surface area contributed by atoms with Gasteiger partial charge in [0.15, 0.2) is 0 Å². The largest absolute Gasteiger partial charge is 0.389 e. The molecule has 1 aromatic carbocycles. The third-order valence-electron chi connectivity index (χ3n) is 3.08. The van der Waals surface area contributed by atoms with E-state index in [4.69, 9.17) is 0 Å². The Morgan fingerprint density at radius 2 is 2.29 bits per heavy atom. The van der Waals surface area contributed by atoms with E-state index in [0.29, 0.717) is 6.04 Å². The molecule has 0 amide bonds. The number of aliphatic hydroxyl groups excluding tert-OH is 1. The Morgan fingerprint density at radius 1 is 1.59 bits per heavy atom. The first-order valence-corrected chi connectivity index (χ1v) is 6.78. The molecule has 0 bridgehead atoms. The van der Waals surface area contributed by atoms with Crippen LogP contribution >= 0.6 is 15.9 Å². The SMILES string of the molecule is C=CCN(c1ccc(C(C)O)cc1Br)C1CC1. The summed E-state index contributed by atoms with van der Waals surface area (Å²) in [5, 5.41) is 9.55. The van der Waals surface area contributed by atoms with Crippen LogP contribution in [-0.2, 0) is 0 Å². The van der Waals surface area contributed by atoms with Gasteiger partial charge in [-0.2, -0.15) is 0 Å². The lowest BCUT2D eigenvalue weighted by molar-refractivity contribution is 0.199. The molecule has 0 radical (unpaired) electrons. The molecular weight excluding hydrogens is 278 g/mol. The molecular formula is C14H18BrNO. The summed E-state index contributed by atoms with van der Waals surface area (Å²) in [7, 11) is 0. The third-order valence-corrected chi connectivity index (χ3v) is 3.71. The molecule has 3 heteroatoms. The van der Waals surface area contributed by atoms with Gasteiger partial charge in [0.25, 0.3) is 0 Å². The zero-order chi connectivity index (χ0) is 12.4. The highest BCUT2D eigenvalue weighted by Gasteiger charge is 2.29. The minimum atomic E-state index is -0.422. The molecule has 1 unspecified atom stereocenters. The van der Waals surface area contributed by atoms with Crippen LogP contribution in [0.4, 0.5) is 5.69 Å². The second-order valence-corrected chi connectivity index (χ2v) is 5.41. The van der Waals surface area contributed by atoms with E-state index < -0.39 is 6.10 Å². The number of halogens is 1. The molecule has 17 heavy (non-hydrogen) atoms. The molecule has 1 atom stereocenters. The van der Waals surface area contributed by atoms with Gasteiger partial charge in [0, 0.05) is 17.1 Å². The van der Waals surface area contributed by atoms with Crippen molar-refractivity contribution in [1.82, 2.24) is 0 Å². The number of aliphatic hydroxyl groups is 1. The number of rotatable bonds is 5. The standard InChI is InChI=1S/C14H18BrNO/c1-3-8-16(12-5-6-12)14-7-4-11(10(2)17)9-13(14)15/h3-4,7,9-10,12,17H,1,5-6,8H2,2H3. The van der Waals surface area contributed by atoms with E-state index in [9.17, 15) is 5.11 Å². The molecule has 1 aliphatic carbocycles. The average Bonchev–Trinajstić information content (AvgIpc) is 3.10. The zero-order valence-corrected chi connectivity index (χ0v) is 11.7. The molecule has 0 spiro atoms. The maximum atomic E-state index is 9.55. The van der Waals surface area contributed by atoms with Gasteiger partial charge in [-0.15, -0.1) is 6.58 Å². The van der Waals surface area contributed by atoms with Crippen LogP contribution in [0.15, 0.2) is 35.3 Å². The maximum Gasteiger partial charge on any atom is 0.0762 e. The van der Waals surface area contributed by atoms with Gasteiger partial charge in [0.2, 0.25) is 0 Å². The van der Waals surface area contributed by atoms with Crippen molar-refractivity contribution in [2.24, 2.45) is 0 Å². The van der Waals surface area contributed by atoms with E-state index in [2.05, 4.69) is 33.5 Å². The molecule has 0 aliphatic heterocycles. The Hall–Kier alpha value is -0.800. The number of hydrogen-bond donors (Lipinski definition) is 1. The van der Waals surface area contributed by atoms with Gasteiger partial charge >= 0.3 is 0 Å². The molecule has 92 valence electrons. The summed E-state index contributed by atoms with van der Waals surface area (Å²) < 4.78 is 1.05. The molecule has 1 fully saturated rings. The van der Waals surface area contributed by atoms with Crippen molar-refractivity contribution >= 4 is 21.6 Å². The van der Waals surface area contributed by atoms with Crippen LogP contribution in [0.5, 0.6) is 0 Å². The Kier molecular flexibility index (Phi) is 3.89. The average molecular weight is 296 g/mol. The van der Waals surface area contributed by atoms with E-state index >= 15 is 0 Å². The lowest BCUT2D eigenvalue weighted by Gasteiger charge is -2.25. The summed E-state index contributed by atoms with van der Waals surface area (Å²) in [6.07, 6.45) is 4.04. The van der Waals surface area contributed by atoms with Crippen molar-refractivity contribution in [3.05, 3.63) is 40.9 Å². The predicted octanol–water partition coefficient (Wildman–Crippen LogP) is 3.66.